The van der Waals surface area contributed by atoms with Crippen LogP contribution in [0.25, 0.3) is 11.0 Å². The molecule has 0 saturated heterocycles. The van der Waals surface area contributed by atoms with Crippen molar-refractivity contribution >= 4 is 45.1 Å². The van der Waals surface area contributed by atoms with Gasteiger partial charge in [-0.25, -0.2) is 26.9 Å². The Morgan fingerprint density at radius 3 is 2.69 bits per heavy atom. The zero-order valence-electron chi connectivity index (χ0n) is 14.8. The van der Waals surface area contributed by atoms with Crippen molar-refractivity contribution in [3.63, 3.8) is 0 Å². The molecule has 0 aliphatic rings. The number of benzene rings is 2. The lowest BCUT2D eigenvalue weighted by atomic mass is 9.98. The van der Waals surface area contributed by atoms with Crippen molar-refractivity contribution < 1.29 is 22.0 Å². The third-order valence-electron chi connectivity index (χ3n) is 4.15. The second kappa shape index (κ2) is 8.76. The molecule has 2 aromatic carbocycles. The van der Waals surface area contributed by atoms with Crippen molar-refractivity contribution in [2.75, 3.05) is 12.3 Å². The number of fused-ring (bicyclic) bond motifs is 1. The Balaban J connectivity index is 1.97. The van der Waals surface area contributed by atoms with Crippen LogP contribution in [0.3, 0.4) is 0 Å². The van der Waals surface area contributed by atoms with Crippen LogP contribution >= 0.6 is 11.6 Å². The van der Waals surface area contributed by atoms with Gasteiger partial charge in [-0.05, 0) is 42.7 Å². The van der Waals surface area contributed by atoms with Gasteiger partial charge in [0.1, 0.15) is 5.82 Å². The first kappa shape index (κ1) is 21.0. The van der Waals surface area contributed by atoms with Gasteiger partial charge in [-0.3, -0.25) is 9.78 Å². The van der Waals surface area contributed by atoms with Gasteiger partial charge in [-0.15, -0.1) is 0 Å². The van der Waals surface area contributed by atoms with Crippen LogP contribution in [-0.4, -0.2) is 30.7 Å². The zero-order valence-corrected chi connectivity index (χ0v) is 16.4. The van der Waals surface area contributed by atoms with Crippen LogP contribution in [0.2, 0.25) is 5.02 Å². The van der Waals surface area contributed by atoms with Crippen molar-refractivity contribution in [3.8, 4) is 0 Å². The van der Waals surface area contributed by atoms with Gasteiger partial charge >= 0.3 is 0 Å². The molecule has 0 bridgehead atoms. The molecular weight excluding hydrogens is 426 g/mol. The minimum atomic E-state index is -2.76. The van der Waals surface area contributed by atoms with Gasteiger partial charge in [0.25, 0.3) is 0 Å². The van der Waals surface area contributed by atoms with Crippen molar-refractivity contribution in [1.29, 1.82) is 0 Å². The molecule has 0 fully saturated rings. The average molecular weight is 441 g/mol. The van der Waals surface area contributed by atoms with Crippen LogP contribution in [0.1, 0.15) is 27.9 Å². The van der Waals surface area contributed by atoms with Crippen LogP contribution in [0.15, 0.2) is 30.5 Å². The van der Waals surface area contributed by atoms with Gasteiger partial charge < -0.3 is 5.73 Å². The Morgan fingerprint density at radius 1 is 1.21 bits per heavy atom. The fourth-order valence-corrected chi connectivity index (χ4v) is 3.46. The van der Waals surface area contributed by atoms with E-state index in [1.807, 2.05) is 0 Å². The minimum Gasteiger partial charge on any atom is -0.382 e. The molecule has 3 N–H and O–H groups in total. The highest BCUT2D eigenvalue weighted by Gasteiger charge is 2.24. The largest absolute Gasteiger partial charge is 0.382 e. The third kappa shape index (κ3) is 4.66. The van der Waals surface area contributed by atoms with Crippen LogP contribution in [-0.2, 0) is 17.3 Å². The number of nitrogens with one attached hydrogen (secondary N) is 1. The fourth-order valence-electron chi connectivity index (χ4n) is 2.80. The van der Waals surface area contributed by atoms with E-state index in [9.17, 15) is 22.0 Å². The number of carbonyl (C=O) groups is 1. The summed E-state index contributed by atoms with van der Waals surface area (Å²) in [6, 6.07) is 5.19. The monoisotopic (exact) mass is 440 g/mol. The number of anilines is 1. The number of nitrogen functional groups attached to an aromatic ring is 1. The molecule has 11 heteroatoms. The van der Waals surface area contributed by atoms with E-state index in [0.29, 0.717) is 11.0 Å². The summed E-state index contributed by atoms with van der Waals surface area (Å²) in [6.07, 6.45) is 1.79. The summed E-state index contributed by atoms with van der Waals surface area (Å²) in [4.78, 5) is 21.0. The summed E-state index contributed by atoms with van der Waals surface area (Å²) in [5, 5.41) is -0.223. The number of rotatable bonds is 7. The maximum atomic E-state index is 14.4. The van der Waals surface area contributed by atoms with Crippen LogP contribution in [0.5, 0.6) is 0 Å². The van der Waals surface area contributed by atoms with E-state index in [2.05, 4.69) is 14.7 Å². The number of halogens is 3. The lowest BCUT2D eigenvalue weighted by molar-refractivity contribution is 0.103. The standard InChI is InChI=1S/C18H15ClF2N4O3S/c19-16-9(2-1-5-24-29(27)28)6-11(20)17(21)15(16)18(26)10-3-4-12-13(7-10)25-14(22)8-23-12/h3-4,6-8,29H,1-2,5H2,(H2,22,25)(H,24,27,28). The molecule has 29 heavy (non-hydrogen) atoms. The third-order valence-corrected chi connectivity index (χ3v) is 5.06. The number of nitrogens with two attached hydrogens (primary N) is 1. The molecule has 0 aliphatic heterocycles. The number of hydrogen-bond acceptors (Lipinski definition) is 6. The summed E-state index contributed by atoms with van der Waals surface area (Å²) in [5.74, 6) is -3.25. The predicted molar refractivity (Wildman–Crippen MR) is 105 cm³/mol. The van der Waals surface area contributed by atoms with E-state index >= 15 is 0 Å². The first-order valence-electron chi connectivity index (χ1n) is 8.39. The Bertz CT molecular complexity index is 1180. The van der Waals surface area contributed by atoms with Gasteiger partial charge in [0, 0.05) is 12.1 Å². The van der Waals surface area contributed by atoms with E-state index in [0.717, 1.165) is 6.07 Å². The number of nitrogens with zero attached hydrogens (tertiary/aromatic N) is 2. The molecule has 3 rings (SSSR count). The van der Waals surface area contributed by atoms with Crippen molar-refractivity contribution in [1.82, 2.24) is 14.7 Å². The number of aromatic nitrogens is 2. The molecule has 152 valence electrons. The van der Waals surface area contributed by atoms with E-state index in [4.69, 9.17) is 17.3 Å². The van der Waals surface area contributed by atoms with E-state index in [-0.39, 0.29) is 41.4 Å². The predicted octanol–water partition coefficient (Wildman–Crippen LogP) is 2.42. The maximum absolute atomic E-state index is 14.4. The fraction of sp³-hybridized carbons (Fsp3) is 0.167. The number of ketones is 1. The SMILES string of the molecule is Nc1cnc2ccc(C(=O)c3c(F)c(F)cc(CCCN[SH](=O)=O)c3Cl)cc2n1. The van der Waals surface area contributed by atoms with Gasteiger partial charge in [0.05, 0.1) is 27.8 Å². The molecule has 1 heterocycles. The lowest BCUT2D eigenvalue weighted by Gasteiger charge is -2.12. The Morgan fingerprint density at radius 2 is 1.97 bits per heavy atom. The summed E-state index contributed by atoms with van der Waals surface area (Å²) < 4.78 is 51.8. The Kier molecular flexibility index (Phi) is 6.36. The Labute approximate surface area is 171 Å². The summed E-state index contributed by atoms with van der Waals surface area (Å²) in [6.45, 7) is 0.0993. The minimum absolute atomic E-state index is 0.0415. The van der Waals surface area contributed by atoms with Crippen LogP contribution in [0, 0.1) is 11.6 Å². The second-order valence-corrected chi connectivity index (χ2v) is 7.33. The van der Waals surface area contributed by atoms with E-state index in [1.165, 1.54) is 24.4 Å². The molecule has 0 aliphatic carbocycles. The van der Waals surface area contributed by atoms with E-state index in [1.54, 1.807) is 0 Å². The van der Waals surface area contributed by atoms with E-state index < -0.39 is 33.9 Å². The smallest absolute Gasteiger partial charge is 0.201 e. The maximum Gasteiger partial charge on any atom is 0.201 e. The van der Waals surface area contributed by atoms with Crippen molar-refractivity contribution in [2.24, 2.45) is 0 Å². The first-order chi connectivity index (χ1) is 13.8. The topological polar surface area (TPSA) is 115 Å². The van der Waals surface area contributed by atoms with Crippen molar-refractivity contribution in [2.45, 2.75) is 12.8 Å². The van der Waals surface area contributed by atoms with Gasteiger partial charge in [-0.2, -0.15) is 0 Å². The molecule has 7 nitrogen and oxygen atoms in total. The number of carbonyl (C=O) groups excluding carboxylic acids is 1. The Hall–Kier alpha value is -2.69. The van der Waals surface area contributed by atoms with Gasteiger partial charge in [0.15, 0.2) is 17.4 Å². The molecule has 0 amide bonds. The summed E-state index contributed by atoms with van der Waals surface area (Å²) >= 11 is 6.20. The highest BCUT2D eigenvalue weighted by Crippen LogP contribution is 2.30. The zero-order chi connectivity index (χ0) is 21.1. The second-order valence-electron chi connectivity index (χ2n) is 6.12. The number of hydrogen-bond donors (Lipinski definition) is 3. The molecule has 0 radical (unpaired) electrons. The van der Waals surface area contributed by atoms with Crippen LogP contribution < -0.4 is 10.5 Å². The molecule has 0 unspecified atom stereocenters. The highest BCUT2D eigenvalue weighted by atomic mass is 35.5. The molecule has 1 aromatic heterocycles. The van der Waals surface area contributed by atoms with Crippen molar-refractivity contribution in [3.05, 3.63) is 63.8 Å². The quantitative estimate of drug-likeness (QED) is 0.225. The highest BCUT2D eigenvalue weighted by molar-refractivity contribution is 7.70. The molecule has 0 saturated carbocycles. The number of aryl methyl sites for hydroxylation is 1. The van der Waals surface area contributed by atoms with Gasteiger partial charge in [-0.1, -0.05) is 11.6 Å². The number of thiol groups is 1. The molecule has 0 spiro atoms. The molecule has 0 atom stereocenters. The average Bonchev–Trinajstić information content (AvgIpc) is 2.68. The summed E-state index contributed by atoms with van der Waals surface area (Å²) in [7, 11) is -2.76. The van der Waals surface area contributed by atoms with Crippen LogP contribution in [0.4, 0.5) is 14.6 Å². The normalized spacial score (nSPS) is 11.3. The lowest BCUT2D eigenvalue weighted by Crippen LogP contribution is -2.14. The summed E-state index contributed by atoms with van der Waals surface area (Å²) in [5.41, 5.74) is 6.03. The van der Waals surface area contributed by atoms with Gasteiger partial charge in [0.2, 0.25) is 10.9 Å². The molecular formula is C18H15ClF2N4O3S. The first-order valence-corrected chi connectivity index (χ1v) is 9.94. The molecule has 3 aromatic rings.